The molecule has 2 nitrogen and oxygen atoms in total. The summed E-state index contributed by atoms with van der Waals surface area (Å²) >= 11 is 1.85. The molecule has 0 fully saturated rings. The van der Waals surface area contributed by atoms with Gasteiger partial charge in [0, 0.05) is 42.5 Å². The molecule has 2 aromatic heterocycles. The van der Waals surface area contributed by atoms with Crippen LogP contribution >= 0.6 is 11.3 Å². The zero-order valence-electron chi connectivity index (χ0n) is 23.2. The molecular weight excluding hydrogens is 543 g/mol. The van der Waals surface area contributed by atoms with Crippen LogP contribution in [-0.4, -0.2) is 0 Å². The Morgan fingerprint density at radius 3 is 2.07 bits per heavy atom. The Morgan fingerprint density at radius 2 is 1.21 bits per heavy atom. The zero-order valence-corrected chi connectivity index (χ0v) is 24.0. The first-order valence-corrected chi connectivity index (χ1v) is 15.3. The van der Waals surface area contributed by atoms with E-state index in [2.05, 4.69) is 157 Å². The van der Waals surface area contributed by atoms with Crippen LogP contribution in [0.2, 0.25) is 0 Å². The van der Waals surface area contributed by atoms with Gasteiger partial charge in [-0.05, 0) is 64.9 Å². The average Bonchev–Trinajstić information content (AvgIpc) is 3.65. The van der Waals surface area contributed by atoms with Gasteiger partial charge >= 0.3 is 0 Å². The number of nitrogens with zero attached hydrogens (tertiary/aromatic N) is 1. The molecule has 0 spiro atoms. The van der Waals surface area contributed by atoms with Gasteiger partial charge in [-0.25, -0.2) is 0 Å². The Kier molecular flexibility index (Phi) is 5.40. The summed E-state index contributed by atoms with van der Waals surface area (Å²) in [6, 6.07) is 54.1. The first-order valence-electron chi connectivity index (χ1n) is 14.5. The highest BCUT2D eigenvalue weighted by Crippen LogP contribution is 2.48. The lowest BCUT2D eigenvalue weighted by Gasteiger charge is -2.26. The standard InChI is InChI=1S/C40H25NOS/c1-3-12-26(13-4-1)33-24-27-14-7-8-17-30(27)38-39-34(19-11-20-35(39)42-40(33)38)41(28-15-5-2-6-16-28)29-22-23-32-31-18-9-10-21-36(31)43-37(32)25-29/h1-25H. The predicted octanol–water partition coefficient (Wildman–Crippen LogP) is 12.2. The number of furan rings is 1. The largest absolute Gasteiger partial charge is 0.455 e. The maximum absolute atomic E-state index is 6.79. The van der Waals surface area contributed by atoms with Crippen LogP contribution in [0.3, 0.4) is 0 Å². The highest BCUT2D eigenvalue weighted by atomic mass is 32.1. The molecule has 0 unspecified atom stereocenters. The summed E-state index contributed by atoms with van der Waals surface area (Å²) in [6.07, 6.45) is 0. The lowest BCUT2D eigenvalue weighted by molar-refractivity contribution is 0.670. The van der Waals surface area contributed by atoms with Crippen molar-refractivity contribution in [1.29, 1.82) is 0 Å². The summed E-state index contributed by atoms with van der Waals surface area (Å²) in [4.78, 5) is 2.38. The van der Waals surface area contributed by atoms with Crippen LogP contribution in [-0.2, 0) is 0 Å². The average molecular weight is 568 g/mol. The molecule has 9 rings (SSSR count). The SMILES string of the molecule is c1ccc(-c2cc3ccccc3c3c2oc2cccc(N(c4ccccc4)c4ccc5c(c4)sc4ccccc45)c23)cc1. The van der Waals surface area contributed by atoms with E-state index in [1.165, 1.54) is 30.9 Å². The fourth-order valence-electron chi connectivity index (χ4n) is 6.53. The molecule has 0 radical (unpaired) electrons. The van der Waals surface area contributed by atoms with E-state index in [-0.39, 0.29) is 0 Å². The van der Waals surface area contributed by atoms with Gasteiger partial charge in [0.15, 0.2) is 0 Å². The highest BCUT2D eigenvalue weighted by Gasteiger charge is 2.23. The second-order valence-electron chi connectivity index (χ2n) is 10.9. The first-order chi connectivity index (χ1) is 21.3. The van der Waals surface area contributed by atoms with Crippen molar-refractivity contribution in [2.24, 2.45) is 0 Å². The number of benzene rings is 7. The third kappa shape index (κ3) is 3.79. The normalized spacial score (nSPS) is 11.7. The summed E-state index contributed by atoms with van der Waals surface area (Å²) < 4.78 is 9.38. The molecule has 0 saturated heterocycles. The minimum Gasteiger partial charge on any atom is -0.455 e. The Hall–Kier alpha value is -5.38. The molecule has 3 heteroatoms. The van der Waals surface area contributed by atoms with E-state index >= 15 is 0 Å². The number of fused-ring (bicyclic) bond motifs is 8. The third-order valence-electron chi connectivity index (χ3n) is 8.43. The van der Waals surface area contributed by atoms with Gasteiger partial charge in [0.2, 0.25) is 0 Å². The summed E-state index contributed by atoms with van der Waals surface area (Å²) in [5, 5.41) is 7.25. The minimum atomic E-state index is 0.880. The molecule has 0 saturated carbocycles. The number of anilines is 3. The molecule has 0 aliphatic rings. The zero-order chi connectivity index (χ0) is 28.3. The van der Waals surface area contributed by atoms with Gasteiger partial charge in [0.1, 0.15) is 11.2 Å². The van der Waals surface area contributed by atoms with Crippen LogP contribution in [0.5, 0.6) is 0 Å². The third-order valence-corrected chi connectivity index (χ3v) is 9.56. The molecule has 0 atom stereocenters. The molecule has 2 heterocycles. The predicted molar refractivity (Wildman–Crippen MR) is 184 cm³/mol. The molecule has 43 heavy (non-hydrogen) atoms. The van der Waals surface area contributed by atoms with Crippen molar-refractivity contribution in [3.05, 3.63) is 152 Å². The molecule has 9 aromatic rings. The van der Waals surface area contributed by atoms with Gasteiger partial charge in [-0.3, -0.25) is 0 Å². The monoisotopic (exact) mass is 567 g/mol. The number of rotatable bonds is 4. The second kappa shape index (κ2) is 9.59. The summed E-state index contributed by atoms with van der Waals surface area (Å²) in [7, 11) is 0. The van der Waals surface area contributed by atoms with Gasteiger partial charge in [0.05, 0.1) is 11.1 Å². The van der Waals surface area contributed by atoms with E-state index in [0.29, 0.717) is 0 Å². The fraction of sp³-hybridized carbons (Fsp3) is 0. The van der Waals surface area contributed by atoms with Crippen molar-refractivity contribution in [2.45, 2.75) is 0 Å². The van der Waals surface area contributed by atoms with Crippen molar-refractivity contribution in [3.8, 4) is 11.1 Å². The summed E-state index contributed by atoms with van der Waals surface area (Å²) in [5.41, 5.74) is 7.37. The molecule has 0 amide bonds. The Labute approximate surface area is 252 Å². The molecule has 0 aliphatic heterocycles. The number of hydrogen-bond acceptors (Lipinski definition) is 3. The molecule has 0 N–H and O–H groups in total. The maximum Gasteiger partial charge on any atom is 0.143 e. The van der Waals surface area contributed by atoms with E-state index in [1.54, 1.807) is 0 Å². The number of thiophene rings is 1. The van der Waals surface area contributed by atoms with E-state index in [4.69, 9.17) is 4.42 Å². The van der Waals surface area contributed by atoms with Crippen LogP contribution in [0.15, 0.2) is 156 Å². The summed E-state index contributed by atoms with van der Waals surface area (Å²) in [6.45, 7) is 0. The minimum absolute atomic E-state index is 0.880. The number of para-hydroxylation sites is 1. The van der Waals surface area contributed by atoms with Crippen molar-refractivity contribution in [3.63, 3.8) is 0 Å². The van der Waals surface area contributed by atoms with Crippen LogP contribution in [0.4, 0.5) is 17.1 Å². The van der Waals surface area contributed by atoms with Crippen molar-refractivity contribution < 1.29 is 4.42 Å². The Balaban J connectivity index is 1.38. The van der Waals surface area contributed by atoms with Crippen LogP contribution in [0, 0.1) is 0 Å². The molecule has 0 bridgehead atoms. The molecule has 202 valence electrons. The lowest BCUT2D eigenvalue weighted by atomic mass is 9.96. The maximum atomic E-state index is 6.79. The van der Waals surface area contributed by atoms with E-state index in [9.17, 15) is 0 Å². The van der Waals surface area contributed by atoms with Gasteiger partial charge in [-0.1, -0.05) is 103 Å². The van der Waals surface area contributed by atoms with Gasteiger partial charge in [-0.15, -0.1) is 11.3 Å². The molecular formula is C40H25NOS. The fourth-order valence-corrected chi connectivity index (χ4v) is 7.66. The Bertz CT molecular complexity index is 2460. The molecule has 7 aromatic carbocycles. The van der Waals surface area contributed by atoms with E-state index in [0.717, 1.165) is 50.1 Å². The smallest absolute Gasteiger partial charge is 0.143 e. The van der Waals surface area contributed by atoms with E-state index in [1.807, 2.05) is 11.3 Å². The van der Waals surface area contributed by atoms with Crippen molar-refractivity contribution in [1.82, 2.24) is 0 Å². The lowest BCUT2D eigenvalue weighted by Crippen LogP contribution is -2.10. The molecule has 0 aliphatic carbocycles. The van der Waals surface area contributed by atoms with Crippen LogP contribution < -0.4 is 4.90 Å². The van der Waals surface area contributed by atoms with Gasteiger partial charge in [0.25, 0.3) is 0 Å². The van der Waals surface area contributed by atoms with Crippen molar-refractivity contribution >= 4 is 81.3 Å². The van der Waals surface area contributed by atoms with Crippen molar-refractivity contribution in [2.75, 3.05) is 4.90 Å². The quantitative estimate of drug-likeness (QED) is 0.210. The topological polar surface area (TPSA) is 16.4 Å². The van der Waals surface area contributed by atoms with Gasteiger partial charge < -0.3 is 9.32 Å². The number of hydrogen-bond donors (Lipinski definition) is 0. The first kappa shape index (κ1) is 24.2. The van der Waals surface area contributed by atoms with Gasteiger partial charge in [-0.2, -0.15) is 0 Å². The van der Waals surface area contributed by atoms with Crippen LogP contribution in [0.1, 0.15) is 0 Å². The summed E-state index contributed by atoms with van der Waals surface area (Å²) in [5.74, 6) is 0. The second-order valence-corrected chi connectivity index (χ2v) is 12.0. The van der Waals surface area contributed by atoms with E-state index < -0.39 is 0 Å². The van der Waals surface area contributed by atoms with Crippen LogP contribution in [0.25, 0.3) is 64.0 Å². The highest BCUT2D eigenvalue weighted by molar-refractivity contribution is 7.25. The Morgan fingerprint density at radius 1 is 0.488 bits per heavy atom.